The molecule has 0 saturated heterocycles. The molecule has 0 N–H and O–H groups in total. The molecule has 0 radical (unpaired) electrons. The molecular formula is C54H33N3O. The fourth-order valence-corrected chi connectivity index (χ4v) is 9.70. The Balaban J connectivity index is 1.10. The van der Waals surface area contributed by atoms with Gasteiger partial charge in [-0.1, -0.05) is 121 Å². The average molecular weight is 740 g/mol. The van der Waals surface area contributed by atoms with Crippen molar-refractivity contribution in [3.63, 3.8) is 0 Å². The van der Waals surface area contributed by atoms with E-state index in [4.69, 9.17) is 4.42 Å². The molecule has 0 aliphatic carbocycles. The number of hydrogen-bond acceptors (Lipinski definition) is 1. The van der Waals surface area contributed by atoms with Crippen molar-refractivity contribution in [2.75, 3.05) is 0 Å². The third kappa shape index (κ3) is 4.40. The molecule has 4 heteroatoms. The van der Waals surface area contributed by atoms with Crippen LogP contribution < -0.4 is 0 Å². The van der Waals surface area contributed by atoms with E-state index < -0.39 is 0 Å². The minimum atomic E-state index is 0.885. The molecule has 0 atom stereocenters. The summed E-state index contributed by atoms with van der Waals surface area (Å²) in [5.74, 6) is 0. The molecule has 0 aliphatic rings. The van der Waals surface area contributed by atoms with Gasteiger partial charge in [0, 0.05) is 66.2 Å². The zero-order valence-corrected chi connectivity index (χ0v) is 31.3. The average Bonchev–Trinajstić information content (AvgIpc) is 4.02. The molecule has 4 nitrogen and oxygen atoms in total. The van der Waals surface area contributed by atoms with E-state index in [2.05, 4.69) is 202 Å². The van der Waals surface area contributed by atoms with Crippen molar-refractivity contribution in [3.05, 3.63) is 200 Å². The van der Waals surface area contributed by atoms with Gasteiger partial charge in [0.15, 0.2) is 0 Å². The molecule has 58 heavy (non-hydrogen) atoms. The molecule has 13 rings (SSSR count). The highest BCUT2D eigenvalue weighted by Gasteiger charge is 2.19. The van der Waals surface area contributed by atoms with Gasteiger partial charge in [-0.05, 0) is 83.9 Å². The van der Waals surface area contributed by atoms with Crippen LogP contribution in [0.5, 0.6) is 0 Å². The van der Waals surface area contributed by atoms with Crippen LogP contribution in [0.25, 0.3) is 116 Å². The third-order valence-corrected chi connectivity index (χ3v) is 12.2. The van der Waals surface area contributed by atoms with E-state index in [1.807, 2.05) is 12.1 Å². The van der Waals surface area contributed by atoms with E-state index in [0.717, 1.165) is 61.2 Å². The van der Waals surface area contributed by atoms with Gasteiger partial charge in [-0.25, -0.2) is 0 Å². The van der Waals surface area contributed by atoms with E-state index >= 15 is 0 Å². The Morgan fingerprint density at radius 1 is 0.241 bits per heavy atom. The second-order valence-electron chi connectivity index (χ2n) is 15.3. The Hall–Kier alpha value is -7.82. The van der Waals surface area contributed by atoms with Gasteiger partial charge in [0.25, 0.3) is 0 Å². The highest BCUT2D eigenvalue weighted by molar-refractivity contribution is 6.13. The molecule has 0 saturated carbocycles. The van der Waals surface area contributed by atoms with Crippen LogP contribution in [0.1, 0.15) is 0 Å². The lowest BCUT2D eigenvalue weighted by Crippen LogP contribution is -2.00. The number of rotatable bonds is 4. The highest BCUT2D eigenvalue weighted by atomic mass is 16.3. The van der Waals surface area contributed by atoms with Crippen LogP contribution in [0.3, 0.4) is 0 Å². The summed E-state index contributed by atoms with van der Waals surface area (Å²) in [5.41, 5.74) is 14.4. The van der Waals surface area contributed by atoms with Crippen molar-refractivity contribution in [1.29, 1.82) is 0 Å². The number of benzene rings is 9. The Kier molecular flexibility index (Phi) is 6.41. The number of furan rings is 1. The van der Waals surface area contributed by atoms with Crippen molar-refractivity contribution in [2.24, 2.45) is 0 Å². The maximum absolute atomic E-state index is 6.41. The summed E-state index contributed by atoms with van der Waals surface area (Å²) in [5, 5.41) is 9.67. The zero-order valence-electron chi connectivity index (χ0n) is 31.3. The first-order chi connectivity index (χ1) is 28.8. The normalized spacial score (nSPS) is 12.1. The molecule has 4 aromatic heterocycles. The first-order valence-corrected chi connectivity index (χ1v) is 19.8. The maximum atomic E-state index is 6.41. The first-order valence-electron chi connectivity index (χ1n) is 19.8. The summed E-state index contributed by atoms with van der Waals surface area (Å²) in [7, 11) is 0. The van der Waals surface area contributed by atoms with Crippen molar-refractivity contribution in [3.8, 4) is 28.2 Å². The van der Waals surface area contributed by atoms with Gasteiger partial charge >= 0.3 is 0 Å². The SMILES string of the molecule is c1ccc2c(c1)oc1cc(-n3c4ccccc4c4ccc(-c5cc(-n6c7ccccc7c7ccccc76)cc(-n6c7ccccc7c7ccccc76)c5)cc43)ccc12. The second-order valence-corrected chi connectivity index (χ2v) is 15.3. The Labute approximate surface area is 332 Å². The van der Waals surface area contributed by atoms with Crippen LogP contribution in [0.4, 0.5) is 0 Å². The van der Waals surface area contributed by atoms with Gasteiger partial charge in [-0.15, -0.1) is 0 Å². The molecule has 13 aromatic rings. The Bertz CT molecular complexity index is 3580. The van der Waals surface area contributed by atoms with Gasteiger partial charge in [-0.2, -0.15) is 0 Å². The number of nitrogens with zero attached hydrogens (tertiary/aromatic N) is 3. The Morgan fingerprint density at radius 3 is 1.16 bits per heavy atom. The number of aromatic nitrogens is 3. The van der Waals surface area contributed by atoms with E-state index in [1.54, 1.807) is 0 Å². The van der Waals surface area contributed by atoms with Crippen LogP contribution in [0.2, 0.25) is 0 Å². The largest absolute Gasteiger partial charge is 0.456 e. The van der Waals surface area contributed by atoms with E-state index in [1.165, 1.54) is 54.4 Å². The minimum Gasteiger partial charge on any atom is -0.456 e. The van der Waals surface area contributed by atoms with Gasteiger partial charge in [0.2, 0.25) is 0 Å². The predicted molar refractivity (Wildman–Crippen MR) is 242 cm³/mol. The third-order valence-electron chi connectivity index (χ3n) is 12.2. The van der Waals surface area contributed by atoms with Crippen LogP contribution in [-0.2, 0) is 0 Å². The summed E-state index contributed by atoms with van der Waals surface area (Å²) < 4.78 is 13.7. The molecule has 270 valence electrons. The fraction of sp³-hybridized carbons (Fsp3) is 0. The van der Waals surface area contributed by atoms with E-state index in [0.29, 0.717) is 0 Å². The molecule has 0 unspecified atom stereocenters. The smallest absolute Gasteiger partial charge is 0.137 e. The fourth-order valence-electron chi connectivity index (χ4n) is 9.70. The molecular weight excluding hydrogens is 707 g/mol. The molecule has 9 aromatic carbocycles. The minimum absolute atomic E-state index is 0.885. The predicted octanol–water partition coefficient (Wildman–Crippen LogP) is 14.5. The lowest BCUT2D eigenvalue weighted by molar-refractivity contribution is 0.668. The molecule has 0 amide bonds. The number of hydrogen-bond donors (Lipinski definition) is 0. The van der Waals surface area contributed by atoms with Gasteiger partial charge in [0.05, 0.1) is 33.1 Å². The zero-order chi connectivity index (χ0) is 37.9. The summed E-state index contributed by atoms with van der Waals surface area (Å²) in [6, 6.07) is 72.7. The van der Waals surface area contributed by atoms with Crippen molar-refractivity contribution < 1.29 is 4.42 Å². The summed E-state index contributed by atoms with van der Waals surface area (Å²) >= 11 is 0. The molecule has 4 heterocycles. The lowest BCUT2D eigenvalue weighted by atomic mass is 10.0. The lowest BCUT2D eigenvalue weighted by Gasteiger charge is -2.16. The monoisotopic (exact) mass is 739 g/mol. The van der Waals surface area contributed by atoms with Crippen LogP contribution in [0, 0.1) is 0 Å². The number of fused-ring (bicyclic) bond motifs is 12. The molecule has 0 fully saturated rings. The van der Waals surface area contributed by atoms with Crippen LogP contribution in [-0.4, -0.2) is 13.7 Å². The highest BCUT2D eigenvalue weighted by Crippen LogP contribution is 2.40. The maximum Gasteiger partial charge on any atom is 0.137 e. The van der Waals surface area contributed by atoms with Gasteiger partial charge in [-0.3, -0.25) is 0 Å². The summed E-state index contributed by atoms with van der Waals surface area (Å²) in [6.07, 6.45) is 0. The Morgan fingerprint density at radius 2 is 0.638 bits per heavy atom. The first kappa shape index (κ1) is 31.4. The van der Waals surface area contributed by atoms with E-state index in [9.17, 15) is 0 Å². The van der Waals surface area contributed by atoms with Gasteiger partial charge in [0.1, 0.15) is 11.2 Å². The summed E-state index contributed by atoms with van der Waals surface area (Å²) in [4.78, 5) is 0. The standard InChI is InChI=1S/C54H33N3O/c1-8-20-48-39(13-1)40-14-2-9-21-49(40)56(48)37-29-35(30-38(32-37)57-50-22-10-3-15-41(50)42-16-4-11-23-51(42)57)34-25-27-44-43-17-5-7-19-47(43)55(52(44)31-34)36-26-28-46-45-18-6-12-24-53(45)58-54(46)33-36/h1-33H. The van der Waals surface area contributed by atoms with Crippen LogP contribution in [0.15, 0.2) is 205 Å². The van der Waals surface area contributed by atoms with Crippen molar-refractivity contribution >= 4 is 87.4 Å². The molecule has 0 aliphatic heterocycles. The number of para-hydroxylation sites is 6. The molecule has 0 spiro atoms. The summed E-state index contributed by atoms with van der Waals surface area (Å²) in [6.45, 7) is 0. The topological polar surface area (TPSA) is 27.9 Å². The van der Waals surface area contributed by atoms with Crippen molar-refractivity contribution in [2.45, 2.75) is 0 Å². The molecule has 0 bridgehead atoms. The van der Waals surface area contributed by atoms with E-state index in [-0.39, 0.29) is 0 Å². The van der Waals surface area contributed by atoms with Crippen molar-refractivity contribution in [1.82, 2.24) is 13.7 Å². The quantitative estimate of drug-likeness (QED) is 0.177. The van der Waals surface area contributed by atoms with Crippen LogP contribution >= 0.6 is 0 Å². The van der Waals surface area contributed by atoms with Gasteiger partial charge < -0.3 is 18.1 Å². The second kappa shape index (κ2) is 11.8.